The molecule has 1 heterocycles. The molecule has 0 atom stereocenters. The minimum atomic E-state index is -0.132. The fourth-order valence-electron chi connectivity index (χ4n) is 2.38. The molecule has 0 radical (unpaired) electrons. The Balaban J connectivity index is 1.69. The van der Waals surface area contributed by atoms with Gasteiger partial charge in [0.05, 0.1) is 13.7 Å². The Morgan fingerprint density at radius 2 is 1.83 bits per heavy atom. The van der Waals surface area contributed by atoms with Gasteiger partial charge in [0.25, 0.3) is 5.91 Å². The van der Waals surface area contributed by atoms with E-state index < -0.39 is 0 Å². The Labute approximate surface area is 139 Å². The minimum absolute atomic E-state index is 0.132. The summed E-state index contributed by atoms with van der Waals surface area (Å²) in [6.45, 7) is 0.714. The van der Waals surface area contributed by atoms with Gasteiger partial charge < -0.3 is 14.7 Å². The molecule has 0 saturated carbocycles. The van der Waals surface area contributed by atoms with Crippen molar-refractivity contribution in [1.29, 1.82) is 0 Å². The van der Waals surface area contributed by atoms with E-state index in [4.69, 9.17) is 4.74 Å². The molecule has 2 aromatic carbocycles. The van der Waals surface area contributed by atoms with Crippen molar-refractivity contribution in [3.63, 3.8) is 0 Å². The number of carbonyl (C=O) groups is 1. The van der Waals surface area contributed by atoms with Crippen LogP contribution in [0.4, 0.5) is 0 Å². The zero-order valence-electron chi connectivity index (χ0n) is 12.7. The van der Waals surface area contributed by atoms with Crippen molar-refractivity contribution < 1.29 is 14.6 Å². The summed E-state index contributed by atoms with van der Waals surface area (Å²) in [6.07, 6.45) is 0. The van der Waals surface area contributed by atoms with Gasteiger partial charge in [0, 0.05) is 11.4 Å². The molecule has 0 spiro atoms. The second kappa shape index (κ2) is 6.79. The van der Waals surface area contributed by atoms with E-state index in [1.807, 2.05) is 54.6 Å². The number of nitrogens with zero attached hydrogens (tertiary/aromatic N) is 1. The number of benzene rings is 2. The normalized spacial score (nSPS) is 14.5. The first-order valence-electron chi connectivity index (χ1n) is 7.24. The van der Waals surface area contributed by atoms with Gasteiger partial charge in [-0.05, 0) is 29.8 Å². The SMILES string of the molecule is COc1ccc(CN2CC(O)=C(Sc3ccccc3)C2=O)cc1. The van der Waals surface area contributed by atoms with Gasteiger partial charge in [-0.1, -0.05) is 42.1 Å². The summed E-state index contributed by atoms with van der Waals surface area (Å²) < 4.78 is 5.13. The van der Waals surface area contributed by atoms with Crippen LogP contribution < -0.4 is 4.74 Å². The third kappa shape index (κ3) is 3.51. The third-order valence-corrected chi connectivity index (χ3v) is 4.70. The Morgan fingerprint density at radius 3 is 2.48 bits per heavy atom. The molecule has 5 heteroatoms. The van der Waals surface area contributed by atoms with E-state index in [1.54, 1.807) is 12.0 Å². The molecule has 4 nitrogen and oxygen atoms in total. The predicted octanol–water partition coefficient (Wildman–Crippen LogP) is 3.60. The van der Waals surface area contributed by atoms with E-state index in [0.717, 1.165) is 16.2 Å². The highest BCUT2D eigenvalue weighted by Gasteiger charge is 2.31. The van der Waals surface area contributed by atoms with E-state index in [-0.39, 0.29) is 18.2 Å². The van der Waals surface area contributed by atoms with Gasteiger partial charge in [-0.3, -0.25) is 4.79 Å². The first-order chi connectivity index (χ1) is 11.2. The monoisotopic (exact) mass is 327 g/mol. The standard InChI is InChI=1S/C18H17NO3S/c1-22-14-9-7-13(8-10-14)11-19-12-16(20)17(18(19)21)23-15-5-3-2-4-6-15/h2-10,20H,11-12H2,1H3. The van der Waals surface area contributed by atoms with Crippen molar-refractivity contribution in [2.24, 2.45) is 0 Å². The lowest BCUT2D eigenvalue weighted by Gasteiger charge is -2.16. The summed E-state index contributed by atoms with van der Waals surface area (Å²) in [5.74, 6) is 0.785. The Kier molecular flexibility index (Phi) is 4.57. The minimum Gasteiger partial charge on any atom is -0.509 e. The van der Waals surface area contributed by atoms with Crippen molar-refractivity contribution in [1.82, 2.24) is 4.90 Å². The molecule has 0 bridgehead atoms. The summed E-state index contributed by atoms with van der Waals surface area (Å²) in [5, 5.41) is 10.1. The Bertz CT molecular complexity index is 726. The second-order valence-electron chi connectivity index (χ2n) is 5.20. The van der Waals surface area contributed by atoms with Crippen LogP contribution in [0.2, 0.25) is 0 Å². The molecule has 1 N–H and O–H groups in total. The summed E-state index contributed by atoms with van der Waals surface area (Å²) >= 11 is 1.31. The summed E-state index contributed by atoms with van der Waals surface area (Å²) in [4.78, 5) is 15.5. The van der Waals surface area contributed by atoms with Crippen molar-refractivity contribution in [3.8, 4) is 5.75 Å². The van der Waals surface area contributed by atoms with Crippen LogP contribution in [0.5, 0.6) is 5.75 Å². The Morgan fingerprint density at radius 1 is 1.13 bits per heavy atom. The number of hydrogen-bond acceptors (Lipinski definition) is 4. The van der Waals surface area contributed by atoms with Gasteiger partial charge in [0.15, 0.2) is 0 Å². The molecule has 118 valence electrons. The van der Waals surface area contributed by atoms with Gasteiger partial charge >= 0.3 is 0 Å². The molecule has 0 fully saturated rings. The van der Waals surface area contributed by atoms with Gasteiger partial charge in [0.1, 0.15) is 16.4 Å². The zero-order valence-corrected chi connectivity index (χ0v) is 13.5. The van der Waals surface area contributed by atoms with Crippen molar-refractivity contribution in [2.45, 2.75) is 11.4 Å². The fraction of sp³-hybridized carbons (Fsp3) is 0.167. The van der Waals surface area contributed by atoms with Crippen LogP contribution in [0.25, 0.3) is 0 Å². The maximum absolute atomic E-state index is 12.5. The van der Waals surface area contributed by atoms with Crippen LogP contribution in [0.3, 0.4) is 0 Å². The fourth-order valence-corrected chi connectivity index (χ4v) is 3.31. The number of thioether (sulfide) groups is 1. The van der Waals surface area contributed by atoms with Gasteiger partial charge in [0.2, 0.25) is 0 Å². The predicted molar refractivity (Wildman–Crippen MR) is 90.4 cm³/mol. The topological polar surface area (TPSA) is 49.8 Å². The number of rotatable bonds is 5. The van der Waals surface area contributed by atoms with E-state index >= 15 is 0 Å². The van der Waals surface area contributed by atoms with Crippen molar-refractivity contribution in [3.05, 3.63) is 70.8 Å². The number of aliphatic hydroxyl groups is 1. The summed E-state index contributed by atoms with van der Waals surface area (Å²) in [6, 6.07) is 17.2. The van der Waals surface area contributed by atoms with Gasteiger partial charge in [-0.2, -0.15) is 0 Å². The van der Waals surface area contributed by atoms with E-state index in [9.17, 15) is 9.90 Å². The Hall–Kier alpha value is -2.40. The molecule has 2 aromatic rings. The largest absolute Gasteiger partial charge is 0.509 e. The quantitative estimate of drug-likeness (QED) is 0.911. The van der Waals surface area contributed by atoms with Crippen LogP contribution in [-0.2, 0) is 11.3 Å². The molecule has 1 aliphatic heterocycles. The second-order valence-corrected chi connectivity index (χ2v) is 6.28. The van der Waals surface area contributed by atoms with Crippen molar-refractivity contribution in [2.75, 3.05) is 13.7 Å². The van der Waals surface area contributed by atoms with Crippen LogP contribution in [0.1, 0.15) is 5.56 Å². The maximum atomic E-state index is 12.5. The van der Waals surface area contributed by atoms with E-state index in [2.05, 4.69) is 0 Å². The van der Waals surface area contributed by atoms with Crippen LogP contribution in [0, 0.1) is 0 Å². The number of methoxy groups -OCH3 is 1. The molecule has 0 aromatic heterocycles. The summed E-state index contributed by atoms with van der Waals surface area (Å²) in [7, 11) is 1.62. The van der Waals surface area contributed by atoms with Crippen LogP contribution in [0.15, 0.2) is 70.2 Å². The maximum Gasteiger partial charge on any atom is 0.264 e. The van der Waals surface area contributed by atoms with Crippen molar-refractivity contribution >= 4 is 17.7 Å². The number of hydrogen-bond donors (Lipinski definition) is 1. The van der Waals surface area contributed by atoms with Gasteiger partial charge in [-0.15, -0.1) is 0 Å². The zero-order chi connectivity index (χ0) is 16.2. The first-order valence-corrected chi connectivity index (χ1v) is 8.06. The van der Waals surface area contributed by atoms with Crippen LogP contribution >= 0.6 is 11.8 Å². The third-order valence-electron chi connectivity index (χ3n) is 3.58. The lowest BCUT2D eigenvalue weighted by atomic mass is 10.2. The van der Waals surface area contributed by atoms with E-state index in [1.165, 1.54) is 11.8 Å². The van der Waals surface area contributed by atoms with Gasteiger partial charge in [-0.25, -0.2) is 0 Å². The lowest BCUT2D eigenvalue weighted by molar-refractivity contribution is -0.125. The average Bonchev–Trinajstić information content (AvgIpc) is 2.84. The smallest absolute Gasteiger partial charge is 0.264 e. The lowest BCUT2D eigenvalue weighted by Crippen LogP contribution is -2.26. The van der Waals surface area contributed by atoms with E-state index in [0.29, 0.717) is 11.4 Å². The average molecular weight is 327 g/mol. The summed E-state index contributed by atoms with van der Waals surface area (Å²) in [5.41, 5.74) is 0.998. The highest BCUT2D eigenvalue weighted by atomic mass is 32.2. The molecule has 0 unspecified atom stereocenters. The van der Waals surface area contributed by atoms with Crippen LogP contribution in [-0.4, -0.2) is 29.6 Å². The molecule has 1 amide bonds. The molecule has 0 saturated heterocycles. The number of amides is 1. The number of carbonyl (C=O) groups excluding carboxylic acids is 1. The molecule has 23 heavy (non-hydrogen) atoms. The highest BCUT2D eigenvalue weighted by molar-refractivity contribution is 8.04. The molecular weight excluding hydrogens is 310 g/mol. The highest BCUT2D eigenvalue weighted by Crippen LogP contribution is 2.34. The molecule has 1 aliphatic rings. The molecule has 3 rings (SSSR count). The number of ether oxygens (including phenoxy) is 1. The first kappa shape index (κ1) is 15.5. The molecular formula is C18H17NO3S. The number of aliphatic hydroxyl groups excluding tert-OH is 1. The molecule has 0 aliphatic carbocycles.